The summed E-state index contributed by atoms with van der Waals surface area (Å²) in [5.74, 6) is -0.381. The predicted molar refractivity (Wildman–Crippen MR) is 116 cm³/mol. The monoisotopic (exact) mass is 443 g/mol. The standard InChI is InChI=1S/C21H21N3O4S2/c25-20(24-17-8-6-15(7-9-17)21-22-10-12-29-21)16-3-1-5-19(13-16)30(26,27)23-14-18-4-2-11-28-18/h1,3,5-10,12-13,18,23H,2,4,11,14H2,(H,24,25). The zero-order chi connectivity index (χ0) is 21.0. The third-order valence-corrected chi connectivity index (χ3v) is 7.00. The Hall–Kier alpha value is -2.59. The molecule has 2 aromatic carbocycles. The van der Waals surface area contributed by atoms with Gasteiger partial charge in [0, 0.05) is 41.5 Å². The van der Waals surface area contributed by atoms with E-state index in [0.29, 0.717) is 12.3 Å². The van der Waals surface area contributed by atoms with Gasteiger partial charge in [-0.05, 0) is 55.3 Å². The average molecular weight is 444 g/mol. The first-order chi connectivity index (χ1) is 14.5. The first kappa shape index (κ1) is 20.7. The van der Waals surface area contributed by atoms with Crippen LogP contribution in [0.5, 0.6) is 0 Å². The number of sulfonamides is 1. The third kappa shape index (κ3) is 4.93. The molecule has 4 rings (SSSR count). The van der Waals surface area contributed by atoms with Crippen LogP contribution in [0.4, 0.5) is 5.69 Å². The van der Waals surface area contributed by atoms with Gasteiger partial charge in [0.05, 0.1) is 11.0 Å². The van der Waals surface area contributed by atoms with Gasteiger partial charge in [0.2, 0.25) is 10.0 Å². The number of nitrogens with one attached hydrogen (secondary N) is 2. The van der Waals surface area contributed by atoms with Gasteiger partial charge in [-0.1, -0.05) is 6.07 Å². The number of anilines is 1. The summed E-state index contributed by atoms with van der Waals surface area (Å²) in [6.45, 7) is 0.886. The highest BCUT2D eigenvalue weighted by Crippen LogP contribution is 2.23. The van der Waals surface area contributed by atoms with Crippen molar-refractivity contribution in [1.29, 1.82) is 0 Å². The Morgan fingerprint density at radius 3 is 2.73 bits per heavy atom. The lowest BCUT2D eigenvalue weighted by Gasteiger charge is -2.12. The van der Waals surface area contributed by atoms with Gasteiger partial charge in [-0.2, -0.15) is 0 Å². The molecule has 0 bridgehead atoms. The fourth-order valence-electron chi connectivity index (χ4n) is 3.16. The second-order valence-corrected chi connectivity index (χ2v) is 9.55. The van der Waals surface area contributed by atoms with Crippen molar-refractivity contribution >= 4 is 33.0 Å². The van der Waals surface area contributed by atoms with Gasteiger partial charge in [-0.15, -0.1) is 11.3 Å². The maximum Gasteiger partial charge on any atom is 0.255 e. The maximum atomic E-state index is 12.6. The average Bonchev–Trinajstić information content (AvgIpc) is 3.47. The van der Waals surface area contributed by atoms with Crippen LogP contribution in [-0.2, 0) is 14.8 Å². The minimum Gasteiger partial charge on any atom is -0.377 e. The van der Waals surface area contributed by atoms with Crippen molar-refractivity contribution in [3.05, 3.63) is 65.7 Å². The maximum absolute atomic E-state index is 12.6. The van der Waals surface area contributed by atoms with Crippen molar-refractivity contribution < 1.29 is 17.9 Å². The number of carbonyl (C=O) groups excluding carboxylic acids is 1. The molecule has 2 heterocycles. The molecule has 9 heteroatoms. The zero-order valence-corrected chi connectivity index (χ0v) is 17.7. The van der Waals surface area contributed by atoms with Crippen LogP contribution >= 0.6 is 11.3 Å². The third-order valence-electron chi connectivity index (χ3n) is 4.75. The lowest BCUT2D eigenvalue weighted by molar-refractivity contribution is 0.102. The summed E-state index contributed by atoms with van der Waals surface area (Å²) in [6, 6.07) is 13.3. The lowest BCUT2D eigenvalue weighted by atomic mass is 10.2. The number of ether oxygens (including phenoxy) is 1. The molecule has 1 unspecified atom stereocenters. The summed E-state index contributed by atoms with van der Waals surface area (Å²) in [6.07, 6.45) is 3.42. The summed E-state index contributed by atoms with van der Waals surface area (Å²) in [4.78, 5) is 16.9. The van der Waals surface area contributed by atoms with Gasteiger partial charge in [0.25, 0.3) is 5.91 Å². The number of hydrogen-bond acceptors (Lipinski definition) is 6. The zero-order valence-electron chi connectivity index (χ0n) is 16.1. The number of carbonyl (C=O) groups is 1. The van der Waals surface area contributed by atoms with E-state index in [0.717, 1.165) is 23.4 Å². The Morgan fingerprint density at radius 2 is 2.03 bits per heavy atom. The van der Waals surface area contributed by atoms with E-state index < -0.39 is 10.0 Å². The van der Waals surface area contributed by atoms with Gasteiger partial charge in [-0.25, -0.2) is 18.1 Å². The van der Waals surface area contributed by atoms with Crippen LogP contribution in [-0.4, -0.2) is 38.6 Å². The second kappa shape index (κ2) is 9.05. The van der Waals surface area contributed by atoms with Crippen LogP contribution in [0.2, 0.25) is 0 Å². The van der Waals surface area contributed by atoms with Crippen molar-refractivity contribution in [2.45, 2.75) is 23.8 Å². The molecule has 1 aliphatic heterocycles. The number of nitrogens with zero attached hydrogens (tertiary/aromatic N) is 1. The van der Waals surface area contributed by atoms with Crippen molar-refractivity contribution in [1.82, 2.24) is 9.71 Å². The minimum atomic E-state index is -3.72. The van der Waals surface area contributed by atoms with E-state index in [-0.39, 0.29) is 29.0 Å². The highest BCUT2D eigenvalue weighted by atomic mass is 32.2. The number of aromatic nitrogens is 1. The Balaban J connectivity index is 1.43. The van der Waals surface area contributed by atoms with Crippen LogP contribution in [0.3, 0.4) is 0 Å². The highest BCUT2D eigenvalue weighted by molar-refractivity contribution is 7.89. The summed E-state index contributed by atoms with van der Waals surface area (Å²) in [5.41, 5.74) is 1.84. The van der Waals surface area contributed by atoms with Crippen LogP contribution in [0.1, 0.15) is 23.2 Å². The predicted octanol–water partition coefficient (Wildman–Crippen LogP) is 3.52. The molecule has 1 atom stereocenters. The molecule has 2 N–H and O–H groups in total. The van der Waals surface area contributed by atoms with Crippen molar-refractivity contribution in [2.75, 3.05) is 18.5 Å². The molecule has 1 aromatic heterocycles. The molecule has 30 heavy (non-hydrogen) atoms. The SMILES string of the molecule is O=C(Nc1ccc(-c2nccs2)cc1)c1cccc(S(=O)(=O)NCC2CCCO2)c1. The Bertz CT molecular complexity index is 1110. The first-order valence-electron chi connectivity index (χ1n) is 9.54. The second-order valence-electron chi connectivity index (χ2n) is 6.88. The summed E-state index contributed by atoms with van der Waals surface area (Å²) in [5, 5.41) is 5.60. The Kier molecular flexibility index (Phi) is 6.24. The quantitative estimate of drug-likeness (QED) is 0.582. The molecule has 7 nitrogen and oxygen atoms in total. The lowest BCUT2D eigenvalue weighted by Crippen LogP contribution is -2.32. The topological polar surface area (TPSA) is 97.4 Å². The van der Waals surface area contributed by atoms with E-state index >= 15 is 0 Å². The molecule has 0 saturated carbocycles. The Morgan fingerprint density at radius 1 is 1.20 bits per heavy atom. The van der Waals surface area contributed by atoms with E-state index in [1.807, 2.05) is 17.5 Å². The van der Waals surface area contributed by atoms with E-state index in [4.69, 9.17) is 4.74 Å². The van der Waals surface area contributed by atoms with Crippen molar-refractivity contribution in [3.63, 3.8) is 0 Å². The fraction of sp³-hybridized carbons (Fsp3) is 0.238. The molecule has 1 aliphatic rings. The number of benzene rings is 2. The first-order valence-corrected chi connectivity index (χ1v) is 11.9. The summed E-state index contributed by atoms with van der Waals surface area (Å²) >= 11 is 1.54. The van der Waals surface area contributed by atoms with Crippen LogP contribution in [0.15, 0.2) is 65.0 Å². The van der Waals surface area contributed by atoms with Gasteiger partial charge in [0.15, 0.2) is 0 Å². The summed E-state index contributed by atoms with van der Waals surface area (Å²) in [7, 11) is -3.72. The fourth-order valence-corrected chi connectivity index (χ4v) is 4.92. The van der Waals surface area contributed by atoms with E-state index in [2.05, 4.69) is 15.0 Å². The number of amides is 1. The van der Waals surface area contributed by atoms with Gasteiger partial charge < -0.3 is 10.1 Å². The smallest absolute Gasteiger partial charge is 0.255 e. The van der Waals surface area contributed by atoms with E-state index in [9.17, 15) is 13.2 Å². The number of hydrogen-bond donors (Lipinski definition) is 2. The van der Waals surface area contributed by atoms with Crippen LogP contribution in [0.25, 0.3) is 10.6 Å². The Labute approximate surface area is 179 Å². The molecule has 156 valence electrons. The molecule has 0 aliphatic carbocycles. The van der Waals surface area contributed by atoms with Gasteiger partial charge in [-0.3, -0.25) is 4.79 Å². The minimum absolute atomic E-state index is 0.0484. The molecule has 0 radical (unpaired) electrons. The number of thiazole rings is 1. The van der Waals surface area contributed by atoms with Crippen LogP contribution in [0, 0.1) is 0 Å². The molecular weight excluding hydrogens is 422 g/mol. The van der Waals surface area contributed by atoms with Crippen LogP contribution < -0.4 is 10.0 Å². The normalized spacial score (nSPS) is 16.5. The number of rotatable bonds is 7. The molecule has 1 saturated heterocycles. The molecule has 1 fully saturated rings. The van der Waals surface area contributed by atoms with E-state index in [1.54, 1.807) is 30.5 Å². The molecule has 0 spiro atoms. The van der Waals surface area contributed by atoms with Gasteiger partial charge in [0.1, 0.15) is 5.01 Å². The summed E-state index contributed by atoms with van der Waals surface area (Å²) < 4.78 is 33.2. The van der Waals surface area contributed by atoms with Crippen molar-refractivity contribution in [3.8, 4) is 10.6 Å². The highest BCUT2D eigenvalue weighted by Gasteiger charge is 2.21. The molecular formula is C21H21N3O4S2. The molecule has 3 aromatic rings. The van der Waals surface area contributed by atoms with E-state index in [1.165, 1.54) is 23.5 Å². The van der Waals surface area contributed by atoms with Gasteiger partial charge >= 0.3 is 0 Å². The van der Waals surface area contributed by atoms with Crippen molar-refractivity contribution in [2.24, 2.45) is 0 Å². The molecule has 1 amide bonds. The largest absolute Gasteiger partial charge is 0.377 e.